The zero-order valence-corrected chi connectivity index (χ0v) is 22.9. The molecule has 198 valence electrons. The first-order valence-corrected chi connectivity index (χ1v) is 13.5. The Labute approximate surface area is 235 Å². The number of hydrogen-bond donors (Lipinski definition) is 1. The van der Waals surface area contributed by atoms with E-state index in [9.17, 15) is 4.79 Å². The predicted octanol–water partition coefficient (Wildman–Crippen LogP) is 6.17. The minimum absolute atomic E-state index is 0.0638. The van der Waals surface area contributed by atoms with Crippen LogP contribution in [-0.2, 0) is 4.79 Å². The number of nitrogens with one attached hydrogen (secondary N) is 1. The van der Waals surface area contributed by atoms with Gasteiger partial charge in [-0.1, -0.05) is 53.6 Å². The first-order valence-electron chi connectivity index (χ1n) is 12.3. The number of ether oxygens (including phenoxy) is 3. The van der Waals surface area contributed by atoms with E-state index in [1.54, 1.807) is 30.3 Å². The van der Waals surface area contributed by atoms with Gasteiger partial charge in [-0.2, -0.15) is 15.1 Å². The van der Waals surface area contributed by atoms with Crippen LogP contribution < -0.4 is 14.2 Å². The Morgan fingerprint density at radius 2 is 1.77 bits per heavy atom. The topological polar surface area (TPSA) is 96.6 Å². The van der Waals surface area contributed by atoms with E-state index in [1.807, 2.05) is 56.3 Å². The van der Waals surface area contributed by atoms with Crippen molar-refractivity contribution in [1.82, 2.24) is 5.01 Å². The molecule has 10 heteroatoms. The normalized spacial score (nSPS) is 15.7. The smallest absolute Gasteiger partial charge is 0.283 e. The molecule has 0 bridgehead atoms. The third kappa shape index (κ3) is 6.00. The molecule has 2 aliphatic rings. The SMILES string of the molecule is CCOc1cc(/C=C2\C(=N)N3N=C(c4ccccc4Cl)SC3=NC2=O)ccc1OCCOc1ccc(C)cc1. The molecule has 0 saturated heterocycles. The molecule has 3 aromatic rings. The fourth-order valence-corrected chi connectivity index (χ4v) is 5.06. The monoisotopic (exact) mass is 560 g/mol. The highest BCUT2D eigenvalue weighted by Crippen LogP contribution is 2.34. The molecule has 2 aliphatic heterocycles. The highest BCUT2D eigenvalue weighted by molar-refractivity contribution is 8.27. The van der Waals surface area contributed by atoms with E-state index in [2.05, 4.69) is 10.1 Å². The van der Waals surface area contributed by atoms with Crippen LogP contribution in [0.3, 0.4) is 0 Å². The average Bonchev–Trinajstić information content (AvgIpc) is 3.35. The molecule has 0 aliphatic carbocycles. The van der Waals surface area contributed by atoms with Crippen LogP contribution in [0.1, 0.15) is 23.6 Å². The van der Waals surface area contributed by atoms with Crippen LogP contribution in [0, 0.1) is 12.3 Å². The number of thioether (sulfide) groups is 1. The quantitative estimate of drug-likeness (QED) is 0.248. The Bertz CT molecular complexity index is 1520. The molecule has 1 N–H and O–H groups in total. The number of fused-ring (bicyclic) bond motifs is 1. The van der Waals surface area contributed by atoms with Crippen LogP contribution in [0.15, 0.2) is 82.4 Å². The fraction of sp³-hybridized carbons (Fsp3) is 0.172. The molecular formula is C29H25ClN4O4S. The van der Waals surface area contributed by atoms with Crippen molar-refractivity contribution in [3.8, 4) is 17.2 Å². The molecule has 0 unspecified atom stereocenters. The van der Waals surface area contributed by atoms with E-state index in [4.69, 9.17) is 31.2 Å². The van der Waals surface area contributed by atoms with Crippen molar-refractivity contribution >= 4 is 51.4 Å². The van der Waals surface area contributed by atoms with E-state index >= 15 is 0 Å². The van der Waals surface area contributed by atoms with Crippen molar-refractivity contribution in [3.63, 3.8) is 0 Å². The van der Waals surface area contributed by atoms with E-state index in [0.29, 0.717) is 57.7 Å². The summed E-state index contributed by atoms with van der Waals surface area (Å²) in [6.07, 6.45) is 1.60. The standard InChI is InChI=1S/C29H25ClN4O4S/c1-3-36-25-17-19(10-13-24(25)38-15-14-37-20-11-8-18(2)9-12-20)16-22-26(31)34-29(32-27(22)35)39-28(33-34)21-6-4-5-7-23(21)30/h4-13,16-17,31H,3,14-15H2,1-2H3/b22-16+,31-26?. The summed E-state index contributed by atoms with van der Waals surface area (Å²) >= 11 is 7.52. The third-order valence-electron chi connectivity index (χ3n) is 5.77. The molecular weight excluding hydrogens is 536 g/mol. The number of rotatable bonds is 9. The van der Waals surface area contributed by atoms with E-state index in [-0.39, 0.29) is 11.4 Å². The van der Waals surface area contributed by atoms with Crippen molar-refractivity contribution in [2.24, 2.45) is 10.1 Å². The number of amidine groups is 2. The summed E-state index contributed by atoms with van der Waals surface area (Å²) in [6, 6.07) is 20.4. The van der Waals surface area contributed by atoms with Gasteiger partial charge in [-0.3, -0.25) is 10.2 Å². The second-order valence-corrected chi connectivity index (χ2v) is 9.92. The molecule has 0 atom stereocenters. The van der Waals surface area contributed by atoms with Gasteiger partial charge in [0.1, 0.15) is 24.0 Å². The van der Waals surface area contributed by atoms with Crippen molar-refractivity contribution in [1.29, 1.82) is 5.41 Å². The average molecular weight is 561 g/mol. The predicted molar refractivity (Wildman–Crippen MR) is 155 cm³/mol. The molecule has 0 fully saturated rings. The number of carbonyl (C=O) groups is 1. The minimum Gasteiger partial charge on any atom is -0.490 e. The molecule has 3 aromatic carbocycles. The lowest BCUT2D eigenvalue weighted by Gasteiger charge is -2.20. The first-order chi connectivity index (χ1) is 18.9. The summed E-state index contributed by atoms with van der Waals surface area (Å²) in [4.78, 5) is 17.0. The maximum atomic E-state index is 12.9. The highest BCUT2D eigenvalue weighted by atomic mass is 35.5. The van der Waals surface area contributed by atoms with Gasteiger partial charge in [-0.05, 0) is 67.6 Å². The number of benzene rings is 3. The van der Waals surface area contributed by atoms with Crippen molar-refractivity contribution in [2.45, 2.75) is 13.8 Å². The number of halogens is 1. The number of aliphatic imine (C=N–C) groups is 1. The number of hydrogen-bond acceptors (Lipinski definition) is 7. The summed E-state index contributed by atoms with van der Waals surface area (Å²) in [6.45, 7) is 5.04. The third-order valence-corrected chi connectivity index (χ3v) is 7.04. The Kier molecular flexibility index (Phi) is 7.99. The largest absolute Gasteiger partial charge is 0.490 e. The highest BCUT2D eigenvalue weighted by Gasteiger charge is 2.36. The maximum absolute atomic E-state index is 12.9. The second kappa shape index (κ2) is 11.8. The molecule has 1 amide bonds. The lowest BCUT2D eigenvalue weighted by molar-refractivity contribution is -0.114. The lowest BCUT2D eigenvalue weighted by atomic mass is 10.1. The summed E-state index contributed by atoms with van der Waals surface area (Å²) in [5.41, 5.74) is 2.66. The molecule has 8 nitrogen and oxygen atoms in total. The fourth-order valence-electron chi connectivity index (χ4n) is 3.85. The van der Waals surface area contributed by atoms with Crippen molar-refractivity contribution in [2.75, 3.05) is 19.8 Å². The summed E-state index contributed by atoms with van der Waals surface area (Å²) in [5, 5.41) is 15.9. The van der Waals surface area contributed by atoms with E-state index in [1.165, 1.54) is 22.3 Å². The van der Waals surface area contributed by atoms with Crippen molar-refractivity contribution < 1.29 is 19.0 Å². The van der Waals surface area contributed by atoms with Crippen LogP contribution >= 0.6 is 23.4 Å². The minimum atomic E-state index is -0.513. The van der Waals surface area contributed by atoms with Gasteiger partial charge in [0.15, 0.2) is 17.3 Å². The van der Waals surface area contributed by atoms with Gasteiger partial charge in [0, 0.05) is 5.56 Å². The Hall–Kier alpha value is -4.08. The number of carbonyl (C=O) groups excluding carboxylic acids is 1. The zero-order chi connectivity index (χ0) is 27.4. The van der Waals surface area contributed by atoms with Crippen LogP contribution in [0.4, 0.5) is 0 Å². The molecule has 0 radical (unpaired) electrons. The van der Waals surface area contributed by atoms with Gasteiger partial charge in [0.05, 0.1) is 17.2 Å². The van der Waals surface area contributed by atoms with Crippen LogP contribution in [0.5, 0.6) is 17.2 Å². The Morgan fingerprint density at radius 1 is 1.00 bits per heavy atom. The molecule has 0 spiro atoms. The van der Waals surface area contributed by atoms with E-state index in [0.717, 1.165) is 5.75 Å². The molecule has 0 saturated carbocycles. The van der Waals surface area contributed by atoms with E-state index < -0.39 is 5.91 Å². The maximum Gasteiger partial charge on any atom is 0.283 e. The molecule has 5 rings (SSSR count). The number of aryl methyl sites for hydroxylation is 1. The van der Waals surface area contributed by atoms with Gasteiger partial charge in [-0.25, -0.2) is 0 Å². The Balaban J connectivity index is 1.31. The molecule has 2 heterocycles. The molecule has 0 aromatic heterocycles. The summed E-state index contributed by atoms with van der Waals surface area (Å²) in [5.74, 6) is 1.28. The molecule has 39 heavy (non-hydrogen) atoms. The van der Waals surface area contributed by atoms with Gasteiger partial charge in [0.25, 0.3) is 5.91 Å². The number of amides is 1. The lowest BCUT2D eigenvalue weighted by Crippen LogP contribution is -2.35. The zero-order valence-electron chi connectivity index (χ0n) is 21.3. The summed E-state index contributed by atoms with van der Waals surface area (Å²) < 4.78 is 17.4. The van der Waals surface area contributed by atoms with Crippen molar-refractivity contribution in [3.05, 3.63) is 94.0 Å². The second-order valence-electron chi connectivity index (χ2n) is 8.55. The summed E-state index contributed by atoms with van der Waals surface area (Å²) in [7, 11) is 0. The first kappa shape index (κ1) is 26.5. The van der Waals surface area contributed by atoms with Crippen LogP contribution in [0.2, 0.25) is 5.02 Å². The number of hydrazone groups is 1. The van der Waals surface area contributed by atoms with Gasteiger partial charge >= 0.3 is 0 Å². The van der Waals surface area contributed by atoms with Crippen LogP contribution in [0.25, 0.3) is 6.08 Å². The number of nitrogens with zero attached hydrogens (tertiary/aromatic N) is 3. The van der Waals surface area contributed by atoms with Gasteiger partial charge in [-0.15, -0.1) is 0 Å². The van der Waals surface area contributed by atoms with Gasteiger partial charge in [0.2, 0.25) is 5.17 Å². The van der Waals surface area contributed by atoms with Gasteiger partial charge < -0.3 is 14.2 Å². The Morgan fingerprint density at radius 3 is 2.54 bits per heavy atom. The van der Waals surface area contributed by atoms with Crippen LogP contribution in [-0.4, -0.2) is 46.8 Å².